The lowest BCUT2D eigenvalue weighted by atomic mass is 10.1. The largest absolute Gasteiger partial charge is 0.357 e. The third kappa shape index (κ3) is 3.94. The molecule has 0 aliphatic carbocycles. The number of anilines is 1. The lowest BCUT2D eigenvalue weighted by Gasteiger charge is -2.15. The third-order valence-corrected chi connectivity index (χ3v) is 3.48. The maximum absolute atomic E-state index is 5.67. The Hall–Kier alpha value is -0.130. The van der Waals surface area contributed by atoms with Crippen LogP contribution in [0.25, 0.3) is 0 Å². The Kier molecular flexibility index (Phi) is 5.44. The van der Waals surface area contributed by atoms with Crippen molar-refractivity contribution in [3.05, 3.63) is 9.98 Å². The summed E-state index contributed by atoms with van der Waals surface area (Å²) in [5.74, 6) is 0. The Morgan fingerprint density at radius 1 is 1.71 bits per heavy atom. The smallest absolute Gasteiger partial charge is 0.183 e. The van der Waals surface area contributed by atoms with Gasteiger partial charge >= 0.3 is 0 Å². The quantitative estimate of drug-likeness (QED) is 0.841. The number of nitrogens with zero attached hydrogens (tertiary/aromatic N) is 1. The van der Waals surface area contributed by atoms with Crippen molar-refractivity contribution >= 4 is 32.4 Å². The van der Waals surface area contributed by atoms with Crippen molar-refractivity contribution < 1.29 is 0 Å². The Morgan fingerprint density at radius 2 is 2.50 bits per heavy atom. The van der Waals surface area contributed by atoms with Crippen LogP contribution in [0.5, 0.6) is 0 Å². The van der Waals surface area contributed by atoms with Crippen LogP contribution in [0.2, 0.25) is 0 Å². The van der Waals surface area contributed by atoms with Gasteiger partial charge in [0.2, 0.25) is 0 Å². The minimum Gasteiger partial charge on any atom is -0.357 e. The van der Waals surface area contributed by atoms with E-state index in [1.165, 1.54) is 12.8 Å². The van der Waals surface area contributed by atoms with Gasteiger partial charge in [-0.25, -0.2) is 4.98 Å². The molecule has 1 aromatic heterocycles. The molecule has 0 aliphatic heterocycles. The Labute approximate surface area is 97.2 Å². The van der Waals surface area contributed by atoms with Crippen LogP contribution in [0, 0.1) is 0 Å². The first-order valence-corrected chi connectivity index (χ1v) is 6.51. The van der Waals surface area contributed by atoms with Gasteiger partial charge in [-0.1, -0.05) is 19.8 Å². The van der Waals surface area contributed by atoms with E-state index in [1.54, 1.807) is 11.3 Å². The van der Waals surface area contributed by atoms with Crippen LogP contribution in [0.15, 0.2) is 9.98 Å². The summed E-state index contributed by atoms with van der Waals surface area (Å²) in [6, 6.07) is 0.355. The lowest BCUT2D eigenvalue weighted by molar-refractivity contribution is 0.614. The molecule has 1 atom stereocenters. The molecule has 0 aromatic carbocycles. The highest BCUT2D eigenvalue weighted by Crippen LogP contribution is 2.20. The molecule has 0 amide bonds. The van der Waals surface area contributed by atoms with Gasteiger partial charge in [0.15, 0.2) is 5.13 Å². The molecule has 1 heterocycles. The normalized spacial score (nSPS) is 12.8. The maximum atomic E-state index is 5.67. The predicted octanol–water partition coefficient (Wildman–Crippen LogP) is 2.83. The molecule has 3 N–H and O–H groups in total. The molecule has 0 saturated carbocycles. The molecule has 14 heavy (non-hydrogen) atoms. The molecule has 0 aliphatic rings. The molecule has 5 heteroatoms. The summed E-state index contributed by atoms with van der Waals surface area (Å²) in [6.07, 6.45) is 3.53. The summed E-state index contributed by atoms with van der Waals surface area (Å²) in [6.45, 7) is 2.85. The number of aromatic nitrogens is 1. The van der Waals surface area contributed by atoms with E-state index in [-0.39, 0.29) is 0 Å². The molecule has 80 valence electrons. The average Bonchev–Trinajstić information content (AvgIpc) is 2.58. The van der Waals surface area contributed by atoms with Crippen LogP contribution in [0.4, 0.5) is 5.13 Å². The molecule has 3 nitrogen and oxygen atoms in total. The second-order valence-corrected chi connectivity index (χ2v) is 4.87. The van der Waals surface area contributed by atoms with E-state index in [4.69, 9.17) is 5.73 Å². The third-order valence-electron chi connectivity index (χ3n) is 1.99. The van der Waals surface area contributed by atoms with Gasteiger partial charge in [0.1, 0.15) is 4.60 Å². The fraction of sp³-hybridized carbons (Fsp3) is 0.667. The molecule has 1 aromatic rings. The molecule has 0 spiro atoms. The van der Waals surface area contributed by atoms with E-state index in [1.807, 2.05) is 5.38 Å². The van der Waals surface area contributed by atoms with Crippen molar-refractivity contribution in [3.8, 4) is 0 Å². The monoisotopic (exact) mass is 277 g/mol. The SMILES string of the molecule is CCCCC(CN)Nc1nc(Br)cs1. The number of rotatable bonds is 6. The topological polar surface area (TPSA) is 50.9 Å². The van der Waals surface area contributed by atoms with Gasteiger partial charge in [-0.2, -0.15) is 0 Å². The van der Waals surface area contributed by atoms with E-state index in [0.717, 1.165) is 16.2 Å². The number of nitrogens with one attached hydrogen (secondary N) is 1. The number of thiazole rings is 1. The minimum absolute atomic E-state index is 0.355. The first-order chi connectivity index (χ1) is 6.76. The fourth-order valence-electron chi connectivity index (χ4n) is 1.19. The Morgan fingerprint density at radius 3 is 3.00 bits per heavy atom. The van der Waals surface area contributed by atoms with Gasteiger partial charge in [-0.3, -0.25) is 0 Å². The van der Waals surface area contributed by atoms with E-state index in [9.17, 15) is 0 Å². The first-order valence-electron chi connectivity index (χ1n) is 4.84. The van der Waals surface area contributed by atoms with Crippen molar-refractivity contribution in [1.82, 2.24) is 4.98 Å². The molecule has 0 bridgehead atoms. The van der Waals surface area contributed by atoms with Crippen LogP contribution in [0.1, 0.15) is 26.2 Å². The Balaban J connectivity index is 2.40. The number of nitrogens with two attached hydrogens (primary N) is 1. The molecule has 1 rings (SSSR count). The Bertz CT molecular complexity index is 264. The fourth-order valence-corrected chi connectivity index (χ4v) is 2.42. The highest BCUT2D eigenvalue weighted by atomic mass is 79.9. The molecule has 0 fully saturated rings. The van der Waals surface area contributed by atoms with Gasteiger partial charge < -0.3 is 11.1 Å². The van der Waals surface area contributed by atoms with Crippen molar-refractivity contribution in [1.29, 1.82) is 0 Å². The number of halogens is 1. The van der Waals surface area contributed by atoms with Gasteiger partial charge in [-0.05, 0) is 22.4 Å². The number of hydrogen-bond donors (Lipinski definition) is 2. The first kappa shape index (κ1) is 11.9. The van der Waals surface area contributed by atoms with E-state index < -0.39 is 0 Å². The lowest BCUT2D eigenvalue weighted by Crippen LogP contribution is -2.28. The molecular weight excluding hydrogens is 262 g/mol. The summed E-state index contributed by atoms with van der Waals surface area (Å²) in [5.41, 5.74) is 5.67. The zero-order valence-corrected chi connectivity index (χ0v) is 10.7. The van der Waals surface area contributed by atoms with Crippen molar-refractivity contribution in [3.63, 3.8) is 0 Å². The summed E-state index contributed by atoms with van der Waals surface area (Å²) in [7, 11) is 0. The van der Waals surface area contributed by atoms with Gasteiger partial charge in [0.05, 0.1) is 0 Å². The standard InChI is InChI=1S/C9H16BrN3S/c1-2-3-4-7(5-11)12-9-13-8(10)6-14-9/h6-7H,2-5,11H2,1H3,(H,12,13). The number of unbranched alkanes of at least 4 members (excludes halogenated alkanes) is 1. The second kappa shape index (κ2) is 6.37. The van der Waals surface area contributed by atoms with Crippen LogP contribution >= 0.6 is 27.3 Å². The van der Waals surface area contributed by atoms with Crippen LogP contribution in [-0.4, -0.2) is 17.6 Å². The highest BCUT2D eigenvalue weighted by Gasteiger charge is 2.07. The van der Waals surface area contributed by atoms with E-state index in [0.29, 0.717) is 12.6 Å². The van der Waals surface area contributed by atoms with Gasteiger partial charge in [0, 0.05) is 18.0 Å². The van der Waals surface area contributed by atoms with Gasteiger partial charge in [0.25, 0.3) is 0 Å². The second-order valence-electron chi connectivity index (χ2n) is 3.19. The van der Waals surface area contributed by atoms with Crippen molar-refractivity contribution in [2.75, 3.05) is 11.9 Å². The highest BCUT2D eigenvalue weighted by molar-refractivity contribution is 9.10. The zero-order valence-electron chi connectivity index (χ0n) is 8.29. The van der Waals surface area contributed by atoms with Crippen molar-refractivity contribution in [2.45, 2.75) is 32.2 Å². The van der Waals surface area contributed by atoms with Crippen LogP contribution in [0.3, 0.4) is 0 Å². The molecule has 0 radical (unpaired) electrons. The predicted molar refractivity (Wildman–Crippen MR) is 65.8 cm³/mol. The zero-order chi connectivity index (χ0) is 10.4. The van der Waals surface area contributed by atoms with Gasteiger partial charge in [-0.15, -0.1) is 11.3 Å². The molecular formula is C9H16BrN3S. The number of hydrogen-bond acceptors (Lipinski definition) is 4. The molecule has 1 unspecified atom stereocenters. The van der Waals surface area contributed by atoms with Crippen LogP contribution < -0.4 is 11.1 Å². The summed E-state index contributed by atoms with van der Waals surface area (Å²) >= 11 is 4.93. The molecule has 0 saturated heterocycles. The van der Waals surface area contributed by atoms with E-state index >= 15 is 0 Å². The summed E-state index contributed by atoms with van der Waals surface area (Å²) in [4.78, 5) is 4.28. The summed E-state index contributed by atoms with van der Waals surface area (Å²) < 4.78 is 0.885. The minimum atomic E-state index is 0.355. The average molecular weight is 278 g/mol. The van der Waals surface area contributed by atoms with Crippen LogP contribution in [-0.2, 0) is 0 Å². The maximum Gasteiger partial charge on any atom is 0.183 e. The summed E-state index contributed by atoms with van der Waals surface area (Å²) in [5, 5.41) is 6.25. The van der Waals surface area contributed by atoms with Crippen molar-refractivity contribution in [2.24, 2.45) is 5.73 Å². The van der Waals surface area contributed by atoms with E-state index in [2.05, 4.69) is 33.2 Å².